The Bertz CT molecular complexity index is 431. The molecule has 0 saturated carbocycles. The summed E-state index contributed by atoms with van der Waals surface area (Å²) in [4.78, 5) is 0. The van der Waals surface area contributed by atoms with Gasteiger partial charge in [0.2, 0.25) is 0 Å². The van der Waals surface area contributed by atoms with Crippen LogP contribution in [-0.2, 0) is 13.0 Å². The molecule has 2 aliphatic rings. The molecule has 2 N–H and O–H groups in total. The summed E-state index contributed by atoms with van der Waals surface area (Å²) in [6.07, 6.45) is 5.84. The zero-order chi connectivity index (χ0) is 13.4. The topological polar surface area (TPSA) is 63.0 Å². The molecule has 3 rings (SSSR count). The van der Waals surface area contributed by atoms with Gasteiger partial charge in [0.1, 0.15) is 11.6 Å². The number of nitrogens with zero attached hydrogens (tertiary/aromatic N) is 3. The summed E-state index contributed by atoms with van der Waals surface area (Å²) in [5.41, 5.74) is 0. The molecule has 19 heavy (non-hydrogen) atoms. The summed E-state index contributed by atoms with van der Waals surface area (Å²) < 4.78 is 2.08. The van der Waals surface area contributed by atoms with E-state index in [0.29, 0.717) is 6.54 Å². The Hall–Kier alpha value is -0.940. The first-order valence-electron chi connectivity index (χ1n) is 7.44. The van der Waals surface area contributed by atoms with E-state index in [1.807, 2.05) is 13.8 Å². The summed E-state index contributed by atoms with van der Waals surface area (Å²) in [7, 11) is 0. The van der Waals surface area contributed by atoms with Crippen LogP contribution in [0.1, 0.15) is 44.3 Å². The maximum Gasteiger partial charge on any atom is 0.133 e. The molecule has 5 nitrogen and oxygen atoms in total. The Morgan fingerprint density at radius 1 is 1.32 bits per heavy atom. The second-order valence-electron chi connectivity index (χ2n) is 6.30. The maximum absolute atomic E-state index is 9.59. The number of rotatable bonds is 4. The van der Waals surface area contributed by atoms with Crippen LogP contribution in [0.15, 0.2) is 0 Å². The van der Waals surface area contributed by atoms with Crippen LogP contribution in [0.2, 0.25) is 0 Å². The highest BCUT2D eigenvalue weighted by atomic mass is 16.3. The van der Waals surface area contributed by atoms with Gasteiger partial charge < -0.3 is 15.0 Å². The molecule has 2 bridgehead atoms. The molecule has 2 fully saturated rings. The minimum Gasteiger partial charge on any atom is -0.392 e. The van der Waals surface area contributed by atoms with Crippen LogP contribution < -0.4 is 5.32 Å². The minimum absolute atomic E-state index is 0.349. The van der Waals surface area contributed by atoms with Gasteiger partial charge in [-0.15, -0.1) is 10.2 Å². The van der Waals surface area contributed by atoms with Crippen molar-refractivity contribution in [1.82, 2.24) is 20.1 Å². The molecule has 0 amide bonds. The van der Waals surface area contributed by atoms with E-state index < -0.39 is 0 Å². The zero-order valence-electron chi connectivity index (χ0n) is 11.8. The highest BCUT2D eigenvalue weighted by Crippen LogP contribution is 2.32. The van der Waals surface area contributed by atoms with Gasteiger partial charge in [-0.05, 0) is 45.4 Å². The van der Waals surface area contributed by atoms with E-state index in [1.165, 1.54) is 25.7 Å². The zero-order valence-corrected chi connectivity index (χ0v) is 11.8. The number of aliphatic hydroxyl groups is 1. The lowest BCUT2D eigenvalue weighted by Gasteiger charge is -2.28. The van der Waals surface area contributed by atoms with Crippen molar-refractivity contribution in [3.05, 3.63) is 11.6 Å². The van der Waals surface area contributed by atoms with Crippen molar-refractivity contribution in [3.63, 3.8) is 0 Å². The highest BCUT2D eigenvalue weighted by Gasteiger charge is 2.34. The van der Waals surface area contributed by atoms with Gasteiger partial charge >= 0.3 is 0 Å². The van der Waals surface area contributed by atoms with Crippen LogP contribution in [0.4, 0.5) is 0 Å². The molecular weight excluding hydrogens is 240 g/mol. The van der Waals surface area contributed by atoms with E-state index in [-0.39, 0.29) is 6.10 Å². The van der Waals surface area contributed by atoms with Crippen molar-refractivity contribution in [3.8, 4) is 0 Å². The Kier molecular flexibility index (Phi) is 3.58. The average molecular weight is 264 g/mol. The molecule has 106 valence electrons. The van der Waals surface area contributed by atoms with Crippen molar-refractivity contribution in [2.24, 2.45) is 5.92 Å². The Morgan fingerprint density at radius 2 is 2.00 bits per heavy atom. The monoisotopic (exact) mass is 264 g/mol. The van der Waals surface area contributed by atoms with Gasteiger partial charge in [0.15, 0.2) is 0 Å². The second-order valence-corrected chi connectivity index (χ2v) is 6.30. The molecule has 5 heteroatoms. The third-order valence-corrected chi connectivity index (χ3v) is 4.50. The fraction of sp³-hybridized carbons (Fsp3) is 0.857. The van der Waals surface area contributed by atoms with Gasteiger partial charge in [-0.1, -0.05) is 0 Å². The molecule has 2 saturated heterocycles. The number of aryl methyl sites for hydroxylation is 1. The summed E-state index contributed by atoms with van der Waals surface area (Å²) in [5, 5.41) is 21.8. The molecule has 1 aromatic heterocycles. The molecule has 2 aliphatic heterocycles. The molecule has 3 atom stereocenters. The van der Waals surface area contributed by atoms with E-state index in [0.717, 1.165) is 36.1 Å². The van der Waals surface area contributed by atoms with E-state index in [1.54, 1.807) is 0 Å². The molecule has 0 aromatic carbocycles. The number of piperidine rings is 1. The highest BCUT2D eigenvalue weighted by molar-refractivity contribution is 5.00. The van der Waals surface area contributed by atoms with Crippen LogP contribution in [0.25, 0.3) is 0 Å². The molecule has 0 radical (unpaired) electrons. The van der Waals surface area contributed by atoms with Crippen LogP contribution >= 0.6 is 0 Å². The van der Waals surface area contributed by atoms with Crippen molar-refractivity contribution >= 4 is 0 Å². The third-order valence-electron chi connectivity index (χ3n) is 4.50. The lowest BCUT2D eigenvalue weighted by molar-refractivity contribution is 0.170. The number of nitrogens with one attached hydrogen (secondary N) is 1. The lowest BCUT2D eigenvalue weighted by atomic mass is 9.89. The average Bonchev–Trinajstić information content (AvgIpc) is 2.85. The fourth-order valence-electron chi connectivity index (χ4n) is 3.68. The normalized spacial score (nSPS) is 31.6. The summed E-state index contributed by atoms with van der Waals surface area (Å²) >= 11 is 0. The van der Waals surface area contributed by atoms with Gasteiger partial charge in [0, 0.05) is 18.5 Å². The summed E-state index contributed by atoms with van der Waals surface area (Å²) in [5.74, 6) is 2.67. The molecule has 3 unspecified atom stereocenters. The van der Waals surface area contributed by atoms with Gasteiger partial charge in [0.05, 0.1) is 12.6 Å². The third kappa shape index (κ3) is 2.82. The quantitative estimate of drug-likeness (QED) is 0.853. The van der Waals surface area contributed by atoms with E-state index >= 15 is 0 Å². The Morgan fingerprint density at radius 3 is 2.63 bits per heavy atom. The Balaban J connectivity index is 1.69. The van der Waals surface area contributed by atoms with Gasteiger partial charge in [-0.3, -0.25) is 0 Å². The van der Waals surface area contributed by atoms with E-state index in [4.69, 9.17) is 0 Å². The van der Waals surface area contributed by atoms with E-state index in [2.05, 4.69) is 20.1 Å². The van der Waals surface area contributed by atoms with Crippen molar-refractivity contribution in [2.45, 2.75) is 70.7 Å². The van der Waals surface area contributed by atoms with Gasteiger partial charge in [-0.25, -0.2) is 0 Å². The lowest BCUT2D eigenvalue weighted by Crippen LogP contribution is -2.38. The van der Waals surface area contributed by atoms with Crippen molar-refractivity contribution in [1.29, 1.82) is 0 Å². The van der Waals surface area contributed by atoms with E-state index in [9.17, 15) is 5.11 Å². The molecule has 3 heterocycles. The predicted molar refractivity (Wildman–Crippen MR) is 72.8 cm³/mol. The summed E-state index contributed by atoms with van der Waals surface area (Å²) in [6.45, 7) is 4.38. The first kappa shape index (κ1) is 13.1. The standard InChI is InChI=1S/C14H24N4O/c1-9(19)8-18-10(2)16-17-14(18)7-11-5-12-3-4-13(6-11)15-12/h9,11-13,15,19H,3-8H2,1-2H3. The van der Waals surface area contributed by atoms with Gasteiger partial charge in [0.25, 0.3) is 0 Å². The molecular formula is C14H24N4O. The molecule has 1 aromatic rings. The number of fused-ring (bicyclic) bond motifs is 2. The predicted octanol–water partition coefficient (Wildman–Crippen LogP) is 1.04. The van der Waals surface area contributed by atoms with Crippen LogP contribution in [0.5, 0.6) is 0 Å². The molecule has 0 spiro atoms. The Labute approximate surface area is 114 Å². The second kappa shape index (κ2) is 5.21. The van der Waals surface area contributed by atoms with Crippen molar-refractivity contribution < 1.29 is 5.11 Å². The van der Waals surface area contributed by atoms with Crippen molar-refractivity contribution in [2.75, 3.05) is 0 Å². The summed E-state index contributed by atoms with van der Waals surface area (Å²) in [6, 6.07) is 1.44. The smallest absolute Gasteiger partial charge is 0.133 e. The maximum atomic E-state index is 9.59. The van der Waals surface area contributed by atoms with Crippen LogP contribution in [0, 0.1) is 12.8 Å². The molecule has 0 aliphatic carbocycles. The number of hydrogen-bond acceptors (Lipinski definition) is 4. The number of hydrogen-bond donors (Lipinski definition) is 2. The van der Waals surface area contributed by atoms with Crippen LogP contribution in [-0.4, -0.2) is 38.1 Å². The number of aromatic nitrogens is 3. The minimum atomic E-state index is -0.349. The largest absolute Gasteiger partial charge is 0.392 e. The fourth-order valence-corrected chi connectivity index (χ4v) is 3.68. The SMILES string of the molecule is Cc1nnc(CC2CC3CCC(C2)N3)n1CC(C)O. The van der Waals surface area contributed by atoms with Gasteiger partial charge in [-0.2, -0.15) is 0 Å². The first-order valence-corrected chi connectivity index (χ1v) is 7.44. The number of aliphatic hydroxyl groups excluding tert-OH is 1. The first-order chi connectivity index (χ1) is 9.11. The van der Waals surface area contributed by atoms with Crippen LogP contribution in [0.3, 0.4) is 0 Å².